The molecule has 1 N–H and O–H groups in total. The first-order chi connectivity index (χ1) is 6.29. The largest absolute Gasteiger partial charge is 1.00 e. The maximum Gasteiger partial charge on any atom is 0.168 e. The standard InChI is InChI=1S/C10H13F2NO.HI/c1-13(2,3)6-7-4-8(11)5-9(12)10(7)14;/h4-5H,6H2,1-3H3;1H. The SMILES string of the molecule is C[N+](C)(C)Cc1cc(F)cc(F)c1O.[I-]. The van der Waals surface area contributed by atoms with Crippen molar-refractivity contribution < 1.29 is 42.3 Å². The van der Waals surface area contributed by atoms with Gasteiger partial charge in [-0.15, -0.1) is 0 Å². The second-order valence-corrected chi connectivity index (χ2v) is 4.34. The summed E-state index contributed by atoms with van der Waals surface area (Å²) in [6.45, 7) is 0.376. The Hall–Kier alpha value is -0.430. The molecule has 5 heteroatoms. The van der Waals surface area contributed by atoms with Crippen LogP contribution in [0.3, 0.4) is 0 Å². The highest BCUT2D eigenvalue weighted by atomic mass is 127. The summed E-state index contributed by atoms with van der Waals surface area (Å²) in [6, 6.07) is 1.83. The van der Waals surface area contributed by atoms with E-state index in [9.17, 15) is 13.9 Å². The number of phenols is 1. The van der Waals surface area contributed by atoms with Crippen molar-refractivity contribution in [3.63, 3.8) is 0 Å². The smallest absolute Gasteiger partial charge is 0.168 e. The van der Waals surface area contributed by atoms with Crippen LogP contribution in [0.2, 0.25) is 0 Å². The van der Waals surface area contributed by atoms with Crippen molar-refractivity contribution >= 4 is 0 Å². The lowest BCUT2D eigenvalue weighted by Gasteiger charge is -2.24. The molecule has 0 bridgehead atoms. The van der Waals surface area contributed by atoms with Gasteiger partial charge in [-0.2, -0.15) is 0 Å². The van der Waals surface area contributed by atoms with Gasteiger partial charge in [0.1, 0.15) is 12.4 Å². The summed E-state index contributed by atoms with van der Waals surface area (Å²) in [5.41, 5.74) is 0.287. The number of quaternary nitrogens is 1. The van der Waals surface area contributed by atoms with Crippen LogP contribution >= 0.6 is 0 Å². The second-order valence-electron chi connectivity index (χ2n) is 4.34. The normalized spacial score (nSPS) is 11.0. The Labute approximate surface area is 105 Å². The van der Waals surface area contributed by atoms with Crippen molar-refractivity contribution in [2.45, 2.75) is 6.54 Å². The zero-order valence-electron chi connectivity index (χ0n) is 8.89. The number of hydrogen-bond acceptors (Lipinski definition) is 1. The number of nitrogens with zero attached hydrogens (tertiary/aromatic N) is 1. The zero-order chi connectivity index (χ0) is 10.9. The van der Waals surface area contributed by atoms with E-state index in [4.69, 9.17) is 0 Å². The van der Waals surface area contributed by atoms with E-state index in [1.807, 2.05) is 21.1 Å². The summed E-state index contributed by atoms with van der Waals surface area (Å²) in [7, 11) is 5.63. The maximum absolute atomic E-state index is 12.9. The molecule has 0 amide bonds. The van der Waals surface area contributed by atoms with Crippen molar-refractivity contribution in [1.82, 2.24) is 0 Å². The topological polar surface area (TPSA) is 20.2 Å². The van der Waals surface area contributed by atoms with Gasteiger partial charge in [-0.3, -0.25) is 0 Å². The number of hydrogen-bond donors (Lipinski definition) is 1. The number of rotatable bonds is 2. The predicted octanol–water partition coefficient (Wildman–Crippen LogP) is -1.12. The minimum absolute atomic E-state index is 0. The molecular formula is C10H14F2INO. The van der Waals surface area contributed by atoms with E-state index in [2.05, 4.69) is 0 Å². The Bertz CT molecular complexity index is 350. The first-order valence-corrected chi connectivity index (χ1v) is 4.27. The van der Waals surface area contributed by atoms with Gasteiger partial charge in [-0.25, -0.2) is 8.78 Å². The summed E-state index contributed by atoms with van der Waals surface area (Å²) in [5, 5.41) is 9.33. The highest BCUT2D eigenvalue weighted by Crippen LogP contribution is 2.24. The molecule has 0 aromatic heterocycles. The Morgan fingerprint density at radius 3 is 2.20 bits per heavy atom. The van der Waals surface area contributed by atoms with Gasteiger partial charge in [0.2, 0.25) is 0 Å². The predicted molar refractivity (Wildman–Crippen MR) is 49.8 cm³/mol. The summed E-state index contributed by atoms with van der Waals surface area (Å²) in [4.78, 5) is 0. The highest BCUT2D eigenvalue weighted by Gasteiger charge is 2.16. The third kappa shape index (κ3) is 4.29. The molecule has 86 valence electrons. The Morgan fingerprint density at radius 2 is 1.73 bits per heavy atom. The Kier molecular flexibility index (Phi) is 4.92. The molecule has 0 saturated heterocycles. The molecular weight excluding hydrogens is 315 g/mol. The molecule has 0 heterocycles. The molecule has 1 aromatic carbocycles. The number of benzene rings is 1. The molecule has 0 aliphatic heterocycles. The van der Waals surface area contributed by atoms with Gasteiger partial charge >= 0.3 is 0 Å². The van der Waals surface area contributed by atoms with E-state index < -0.39 is 17.4 Å². The zero-order valence-corrected chi connectivity index (χ0v) is 11.0. The molecule has 2 nitrogen and oxygen atoms in total. The van der Waals surface area contributed by atoms with Crippen molar-refractivity contribution in [1.29, 1.82) is 0 Å². The lowest BCUT2D eigenvalue weighted by molar-refractivity contribution is -0.884. The van der Waals surface area contributed by atoms with Crippen molar-refractivity contribution in [3.05, 3.63) is 29.3 Å². The number of phenolic OH excluding ortho intramolecular Hbond substituents is 1. The fourth-order valence-electron chi connectivity index (χ4n) is 1.25. The molecule has 0 aliphatic rings. The van der Waals surface area contributed by atoms with Gasteiger partial charge in [-0.05, 0) is 6.07 Å². The quantitative estimate of drug-likeness (QED) is 0.539. The van der Waals surface area contributed by atoms with Gasteiger partial charge in [0, 0.05) is 6.07 Å². The van der Waals surface area contributed by atoms with E-state index in [1.165, 1.54) is 0 Å². The van der Waals surface area contributed by atoms with E-state index in [1.54, 1.807) is 0 Å². The van der Waals surface area contributed by atoms with Crippen LogP contribution in [0.15, 0.2) is 12.1 Å². The van der Waals surface area contributed by atoms with Gasteiger partial charge in [0.15, 0.2) is 11.6 Å². The van der Waals surface area contributed by atoms with E-state index in [0.29, 0.717) is 17.1 Å². The van der Waals surface area contributed by atoms with Crippen LogP contribution in [0.1, 0.15) is 5.56 Å². The summed E-state index contributed by atoms with van der Waals surface area (Å²) >= 11 is 0. The Morgan fingerprint density at radius 1 is 1.20 bits per heavy atom. The lowest BCUT2D eigenvalue weighted by atomic mass is 10.1. The van der Waals surface area contributed by atoms with Crippen LogP contribution < -0.4 is 24.0 Å². The molecule has 0 saturated carbocycles. The van der Waals surface area contributed by atoms with Gasteiger partial charge in [0.25, 0.3) is 0 Å². The van der Waals surface area contributed by atoms with Crippen LogP contribution in [0.4, 0.5) is 8.78 Å². The average molecular weight is 329 g/mol. The summed E-state index contributed by atoms with van der Waals surface area (Å²) in [5.74, 6) is -2.03. The summed E-state index contributed by atoms with van der Waals surface area (Å²) in [6.07, 6.45) is 0. The monoisotopic (exact) mass is 329 g/mol. The first kappa shape index (κ1) is 14.6. The number of aromatic hydroxyl groups is 1. The van der Waals surface area contributed by atoms with Crippen molar-refractivity contribution in [2.75, 3.05) is 21.1 Å². The molecule has 0 aliphatic carbocycles. The third-order valence-electron chi connectivity index (χ3n) is 1.75. The van der Waals surface area contributed by atoms with Crippen LogP contribution in [0, 0.1) is 11.6 Å². The lowest BCUT2D eigenvalue weighted by Crippen LogP contribution is -3.00. The maximum atomic E-state index is 12.9. The second kappa shape index (κ2) is 5.07. The van der Waals surface area contributed by atoms with Crippen LogP contribution in [-0.2, 0) is 6.54 Å². The fraction of sp³-hybridized carbons (Fsp3) is 0.400. The molecule has 0 unspecified atom stereocenters. The van der Waals surface area contributed by atoms with Crippen molar-refractivity contribution in [3.8, 4) is 5.75 Å². The van der Waals surface area contributed by atoms with Gasteiger partial charge in [-0.1, -0.05) is 0 Å². The number of halogens is 3. The van der Waals surface area contributed by atoms with Crippen LogP contribution in [0.5, 0.6) is 5.75 Å². The van der Waals surface area contributed by atoms with Gasteiger partial charge < -0.3 is 33.6 Å². The Balaban J connectivity index is 0.00000196. The van der Waals surface area contributed by atoms with E-state index >= 15 is 0 Å². The van der Waals surface area contributed by atoms with Crippen LogP contribution in [0.25, 0.3) is 0 Å². The average Bonchev–Trinajstić information content (AvgIpc) is 1.96. The van der Waals surface area contributed by atoms with Crippen LogP contribution in [-0.4, -0.2) is 30.7 Å². The fourth-order valence-corrected chi connectivity index (χ4v) is 1.25. The molecule has 1 rings (SSSR count). The molecule has 15 heavy (non-hydrogen) atoms. The molecule has 0 spiro atoms. The molecule has 0 radical (unpaired) electrons. The van der Waals surface area contributed by atoms with Crippen molar-refractivity contribution in [2.24, 2.45) is 0 Å². The summed E-state index contributed by atoms with van der Waals surface area (Å²) < 4.78 is 26.2. The van der Waals surface area contributed by atoms with E-state index in [-0.39, 0.29) is 29.5 Å². The molecule has 0 atom stereocenters. The molecule has 1 aromatic rings. The first-order valence-electron chi connectivity index (χ1n) is 4.27. The minimum Gasteiger partial charge on any atom is -1.00 e. The molecule has 0 fully saturated rings. The third-order valence-corrected chi connectivity index (χ3v) is 1.75. The minimum atomic E-state index is -0.909. The van der Waals surface area contributed by atoms with Gasteiger partial charge in [0.05, 0.1) is 26.7 Å². The van der Waals surface area contributed by atoms with E-state index in [0.717, 1.165) is 6.07 Å². The highest BCUT2D eigenvalue weighted by molar-refractivity contribution is 5.33.